The number of rotatable bonds is 12. The number of fused-ring (bicyclic) bond motifs is 1. The summed E-state index contributed by atoms with van der Waals surface area (Å²) in [6.07, 6.45) is 2.49. The van der Waals surface area contributed by atoms with E-state index in [2.05, 4.69) is 17.6 Å². The highest BCUT2D eigenvalue weighted by Crippen LogP contribution is 2.28. The Morgan fingerprint density at radius 2 is 1.66 bits per heavy atom. The average Bonchev–Trinajstić information content (AvgIpc) is 2.92. The lowest BCUT2D eigenvalue weighted by molar-refractivity contribution is -0.141. The second-order valence-corrected chi connectivity index (χ2v) is 11.0. The van der Waals surface area contributed by atoms with Crippen LogP contribution in [0.2, 0.25) is 0 Å². The van der Waals surface area contributed by atoms with E-state index < -0.39 is 42.2 Å². The minimum Gasteiger partial charge on any atom is -0.508 e. The Balaban J connectivity index is 1.98. The first-order valence-electron chi connectivity index (χ1n) is 14.0. The van der Waals surface area contributed by atoms with Gasteiger partial charge in [-0.2, -0.15) is 0 Å². The van der Waals surface area contributed by atoms with Crippen LogP contribution < -0.4 is 10.6 Å². The Hall–Kier alpha value is -4.11. The fourth-order valence-corrected chi connectivity index (χ4v) is 4.56. The van der Waals surface area contributed by atoms with Crippen molar-refractivity contribution in [1.29, 1.82) is 0 Å². The molecule has 9 heteroatoms. The van der Waals surface area contributed by atoms with Crippen LogP contribution in [0.15, 0.2) is 66.7 Å². The monoisotopic (exact) mass is 563 g/mol. The normalized spacial score (nSPS) is 12.8. The van der Waals surface area contributed by atoms with E-state index in [9.17, 15) is 24.6 Å². The van der Waals surface area contributed by atoms with Gasteiger partial charge in [-0.1, -0.05) is 68.7 Å². The van der Waals surface area contributed by atoms with Crippen molar-refractivity contribution >= 4 is 34.4 Å². The fourth-order valence-electron chi connectivity index (χ4n) is 4.56. The van der Waals surface area contributed by atoms with Gasteiger partial charge >= 0.3 is 6.09 Å². The van der Waals surface area contributed by atoms with E-state index in [0.29, 0.717) is 17.7 Å². The first-order chi connectivity index (χ1) is 19.5. The molecule has 3 aromatic carbocycles. The molecule has 0 aliphatic carbocycles. The number of nitrogens with one attached hydrogen (secondary N) is 2. The fraction of sp³-hybridized carbons (Fsp3) is 0.406. The van der Waals surface area contributed by atoms with Crippen molar-refractivity contribution in [1.82, 2.24) is 10.2 Å². The van der Waals surface area contributed by atoms with E-state index in [1.54, 1.807) is 39.0 Å². The molecule has 0 fully saturated rings. The second kappa shape index (κ2) is 14.5. The number of benzene rings is 3. The van der Waals surface area contributed by atoms with Crippen LogP contribution in [0.1, 0.15) is 65.0 Å². The molecule has 0 saturated heterocycles. The predicted molar refractivity (Wildman–Crippen MR) is 160 cm³/mol. The molecule has 0 spiro atoms. The molecule has 220 valence electrons. The number of carbonyl (C=O) groups excluding carboxylic acids is 3. The molecule has 2 unspecified atom stereocenters. The minimum atomic E-state index is -1.34. The maximum atomic E-state index is 14.0. The van der Waals surface area contributed by atoms with Crippen LogP contribution in [0.5, 0.6) is 5.75 Å². The molecule has 0 radical (unpaired) electrons. The van der Waals surface area contributed by atoms with E-state index in [0.717, 1.165) is 30.0 Å². The van der Waals surface area contributed by atoms with Gasteiger partial charge in [0.2, 0.25) is 5.91 Å². The molecular formula is C32H41N3O6. The molecule has 0 bridgehead atoms. The zero-order valence-electron chi connectivity index (χ0n) is 24.2. The average molecular weight is 564 g/mol. The summed E-state index contributed by atoms with van der Waals surface area (Å²) in [4.78, 5) is 41.7. The van der Waals surface area contributed by atoms with Crippen LogP contribution in [0.4, 0.5) is 10.5 Å². The molecule has 41 heavy (non-hydrogen) atoms. The number of unbranched alkanes of at least 4 members (excludes halogenated alkanes) is 3. The number of ether oxygens (including phenoxy) is 1. The van der Waals surface area contributed by atoms with E-state index in [1.807, 2.05) is 36.4 Å². The number of hydrogen-bond donors (Lipinski definition) is 4. The van der Waals surface area contributed by atoms with Gasteiger partial charge in [0.25, 0.3) is 5.91 Å². The zero-order chi connectivity index (χ0) is 30.0. The number of alkyl carbamates (subject to hydrolysis) is 1. The number of aromatic hydroxyl groups is 1. The van der Waals surface area contributed by atoms with E-state index >= 15 is 0 Å². The van der Waals surface area contributed by atoms with Crippen molar-refractivity contribution in [3.8, 4) is 5.75 Å². The van der Waals surface area contributed by atoms with Crippen LogP contribution in [0.3, 0.4) is 0 Å². The molecule has 4 N–H and O–H groups in total. The Labute approximate surface area is 241 Å². The van der Waals surface area contributed by atoms with Crippen LogP contribution in [0.25, 0.3) is 10.8 Å². The number of carbonyl (C=O) groups is 3. The van der Waals surface area contributed by atoms with Gasteiger partial charge in [-0.15, -0.1) is 0 Å². The lowest BCUT2D eigenvalue weighted by Gasteiger charge is -2.34. The molecule has 9 nitrogen and oxygen atoms in total. The molecule has 0 aliphatic rings. The van der Waals surface area contributed by atoms with Gasteiger partial charge in [-0.05, 0) is 67.8 Å². The van der Waals surface area contributed by atoms with Gasteiger partial charge in [0.1, 0.15) is 23.4 Å². The molecule has 0 aromatic heterocycles. The molecular weight excluding hydrogens is 522 g/mol. The first-order valence-corrected chi connectivity index (χ1v) is 14.0. The third-order valence-corrected chi connectivity index (χ3v) is 6.47. The number of amides is 3. The summed E-state index contributed by atoms with van der Waals surface area (Å²) in [5, 5.41) is 27.7. The molecule has 2 atom stereocenters. The number of phenolic OH excluding ortho intramolecular Hbond substituents is 1. The number of aliphatic hydroxyl groups is 1. The Morgan fingerprint density at radius 1 is 0.927 bits per heavy atom. The summed E-state index contributed by atoms with van der Waals surface area (Å²) in [5.74, 6) is -1.20. The maximum Gasteiger partial charge on any atom is 0.408 e. The zero-order valence-corrected chi connectivity index (χ0v) is 24.2. The second-order valence-electron chi connectivity index (χ2n) is 11.0. The maximum absolute atomic E-state index is 14.0. The number of anilines is 1. The van der Waals surface area contributed by atoms with Crippen molar-refractivity contribution in [3.05, 3.63) is 72.3 Å². The molecule has 3 aromatic rings. The molecule has 0 heterocycles. The third kappa shape index (κ3) is 9.21. The Morgan fingerprint density at radius 3 is 2.32 bits per heavy atom. The van der Waals surface area contributed by atoms with Gasteiger partial charge in [0.15, 0.2) is 0 Å². The quantitative estimate of drug-likeness (QED) is 0.215. The van der Waals surface area contributed by atoms with Crippen molar-refractivity contribution in [3.63, 3.8) is 0 Å². The summed E-state index contributed by atoms with van der Waals surface area (Å²) in [5.41, 5.74) is 0.125. The van der Waals surface area contributed by atoms with Crippen molar-refractivity contribution in [2.24, 2.45) is 0 Å². The van der Waals surface area contributed by atoms with Crippen LogP contribution in [-0.4, -0.2) is 57.8 Å². The topological polar surface area (TPSA) is 128 Å². The summed E-state index contributed by atoms with van der Waals surface area (Å²) >= 11 is 0. The highest BCUT2D eigenvalue weighted by atomic mass is 16.6. The largest absolute Gasteiger partial charge is 0.508 e. The smallest absolute Gasteiger partial charge is 0.408 e. The number of phenols is 1. The number of nitrogens with zero attached hydrogens (tertiary/aromatic N) is 1. The highest BCUT2D eigenvalue weighted by molar-refractivity contribution is 6.00. The van der Waals surface area contributed by atoms with Crippen LogP contribution >= 0.6 is 0 Å². The highest BCUT2D eigenvalue weighted by Gasteiger charge is 2.36. The number of aliphatic hydroxyl groups excluding tert-OH is 1. The molecule has 0 saturated carbocycles. The van der Waals surface area contributed by atoms with Gasteiger partial charge in [-0.3, -0.25) is 9.59 Å². The first kappa shape index (κ1) is 31.4. The Bertz CT molecular complexity index is 1340. The minimum absolute atomic E-state index is 0.0602. The van der Waals surface area contributed by atoms with Gasteiger partial charge in [0, 0.05) is 12.2 Å². The SMILES string of the molecule is CCCCCCN(C(=O)C(CO)NC(=O)OC(C)(C)C)C(C(=O)Nc1ccc2ccccc2c1)c1cccc(O)c1. The van der Waals surface area contributed by atoms with Crippen LogP contribution in [0, 0.1) is 0 Å². The summed E-state index contributed by atoms with van der Waals surface area (Å²) in [7, 11) is 0. The van der Waals surface area contributed by atoms with Gasteiger partial charge in [0.05, 0.1) is 6.61 Å². The summed E-state index contributed by atoms with van der Waals surface area (Å²) < 4.78 is 5.29. The molecule has 0 aliphatic heterocycles. The van der Waals surface area contributed by atoms with Crippen LogP contribution in [-0.2, 0) is 14.3 Å². The molecule has 3 rings (SSSR count). The lowest BCUT2D eigenvalue weighted by Crippen LogP contribution is -2.54. The standard InChI is InChI=1S/C32H41N3O6/c1-5-6-7-10-18-35(30(39)27(21-36)34-31(40)41-32(2,3)4)28(24-14-11-15-26(37)20-24)29(38)33-25-17-16-22-12-8-9-13-23(22)19-25/h8-9,11-17,19-20,27-28,36-37H,5-7,10,18,21H2,1-4H3,(H,33,38)(H,34,40). The Kier molecular flexibility index (Phi) is 11.1. The van der Waals surface area contributed by atoms with Crippen molar-refractivity contribution in [2.75, 3.05) is 18.5 Å². The van der Waals surface area contributed by atoms with Crippen molar-refractivity contribution in [2.45, 2.75) is 71.1 Å². The van der Waals surface area contributed by atoms with Gasteiger partial charge < -0.3 is 30.5 Å². The summed E-state index contributed by atoms with van der Waals surface area (Å²) in [6.45, 7) is 6.65. The van der Waals surface area contributed by atoms with E-state index in [4.69, 9.17) is 4.74 Å². The predicted octanol–water partition coefficient (Wildman–Crippen LogP) is 5.52. The van der Waals surface area contributed by atoms with E-state index in [-0.39, 0.29) is 12.3 Å². The number of hydrogen-bond acceptors (Lipinski definition) is 6. The third-order valence-electron chi connectivity index (χ3n) is 6.47. The summed E-state index contributed by atoms with van der Waals surface area (Å²) in [6, 6.07) is 17.0. The van der Waals surface area contributed by atoms with E-state index in [1.165, 1.54) is 17.0 Å². The lowest BCUT2D eigenvalue weighted by atomic mass is 10.0. The van der Waals surface area contributed by atoms with Crippen molar-refractivity contribution < 1.29 is 29.3 Å². The van der Waals surface area contributed by atoms with Gasteiger partial charge in [-0.25, -0.2) is 4.79 Å². The molecule has 3 amide bonds.